The molecular formula is C27H40N4O4. The Labute approximate surface area is 209 Å². The van der Waals surface area contributed by atoms with Crippen LogP contribution >= 0.6 is 0 Å². The van der Waals surface area contributed by atoms with Crippen LogP contribution in [0, 0.1) is 23.7 Å². The standard InChI is InChI=1S/C27H40N4O4/c1-5-13-28-27(34)30(4)17-24-19(2)16-31(20(3)18-32)26(33)23-14-22(15-29-25(23)35-24)12-11-21-9-7-6-8-10-21/h14-15,19-21,24,32H,5-10,13,16-18H2,1-4H3,(H,28,34)/t19-,20+,24+/m0/s1. The SMILES string of the molecule is CCCNC(=O)N(C)C[C@H]1Oc2ncc(C#CC3CCCCC3)cc2C(=O)N([C@H](C)CO)C[C@@H]1C. The van der Waals surface area contributed by atoms with Crippen LogP contribution in [0.2, 0.25) is 0 Å². The van der Waals surface area contributed by atoms with Gasteiger partial charge in [0, 0.05) is 43.7 Å². The molecule has 1 aliphatic heterocycles. The van der Waals surface area contributed by atoms with Crippen LogP contribution < -0.4 is 10.1 Å². The minimum absolute atomic E-state index is 0.0879. The van der Waals surface area contributed by atoms with Crippen LogP contribution in [-0.4, -0.2) is 77.3 Å². The second-order valence-corrected chi connectivity index (χ2v) is 9.92. The number of hydrogen-bond acceptors (Lipinski definition) is 5. The quantitative estimate of drug-likeness (QED) is 0.605. The van der Waals surface area contributed by atoms with Gasteiger partial charge in [0.05, 0.1) is 19.2 Å². The molecule has 3 amide bonds. The maximum absolute atomic E-state index is 13.5. The molecule has 0 radical (unpaired) electrons. The zero-order chi connectivity index (χ0) is 25.4. The Balaban J connectivity index is 1.89. The van der Waals surface area contributed by atoms with Gasteiger partial charge in [0.1, 0.15) is 11.7 Å². The normalized spacial score (nSPS) is 21.5. The fraction of sp³-hybridized carbons (Fsp3) is 0.667. The highest BCUT2D eigenvalue weighted by atomic mass is 16.5. The number of likely N-dealkylation sites (N-methyl/N-ethyl adjacent to an activating group) is 1. The number of aliphatic hydroxyl groups excluding tert-OH is 1. The molecule has 3 atom stereocenters. The van der Waals surface area contributed by atoms with Crippen molar-refractivity contribution in [3.05, 3.63) is 23.4 Å². The Bertz CT molecular complexity index is 935. The van der Waals surface area contributed by atoms with Crippen LogP contribution in [0.4, 0.5) is 4.79 Å². The van der Waals surface area contributed by atoms with Gasteiger partial charge in [-0.25, -0.2) is 9.78 Å². The van der Waals surface area contributed by atoms with E-state index in [1.54, 1.807) is 29.1 Å². The predicted molar refractivity (Wildman–Crippen MR) is 135 cm³/mol. The number of carbonyl (C=O) groups excluding carboxylic acids is 2. The molecule has 0 spiro atoms. The first-order valence-electron chi connectivity index (χ1n) is 12.9. The summed E-state index contributed by atoms with van der Waals surface area (Å²) in [6.07, 6.45) is 8.08. The van der Waals surface area contributed by atoms with Crippen LogP contribution in [-0.2, 0) is 0 Å². The zero-order valence-corrected chi connectivity index (χ0v) is 21.5. The van der Waals surface area contributed by atoms with E-state index in [-0.39, 0.29) is 42.5 Å². The third-order valence-electron chi connectivity index (χ3n) is 6.87. The molecule has 0 bridgehead atoms. The average Bonchev–Trinajstić information content (AvgIpc) is 2.88. The van der Waals surface area contributed by atoms with Crippen molar-refractivity contribution in [2.75, 3.05) is 33.3 Å². The summed E-state index contributed by atoms with van der Waals surface area (Å²) in [6.45, 7) is 7.02. The molecule has 1 fully saturated rings. The smallest absolute Gasteiger partial charge is 0.317 e. The molecule has 1 aromatic rings. The summed E-state index contributed by atoms with van der Waals surface area (Å²) >= 11 is 0. The summed E-state index contributed by atoms with van der Waals surface area (Å²) in [5, 5.41) is 12.7. The fourth-order valence-corrected chi connectivity index (χ4v) is 4.54. The topological polar surface area (TPSA) is 95.0 Å². The number of fused-ring (bicyclic) bond motifs is 1. The summed E-state index contributed by atoms with van der Waals surface area (Å²) in [7, 11) is 1.73. The molecule has 0 saturated heterocycles. The van der Waals surface area contributed by atoms with Gasteiger partial charge in [-0.2, -0.15) is 0 Å². The van der Waals surface area contributed by atoms with Crippen molar-refractivity contribution in [2.24, 2.45) is 11.8 Å². The number of ether oxygens (including phenoxy) is 1. The van der Waals surface area contributed by atoms with Crippen molar-refractivity contribution in [3.8, 4) is 17.7 Å². The second kappa shape index (κ2) is 12.8. The minimum Gasteiger partial charge on any atom is -0.472 e. The predicted octanol–water partition coefficient (Wildman–Crippen LogP) is 3.28. The van der Waals surface area contributed by atoms with E-state index in [2.05, 4.69) is 22.1 Å². The first-order chi connectivity index (χ1) is 16.8. The van der Waals surface area contributed by atoms with Gasteiger partial charge in [-0.05, 0) is 32.3 Å². The lowest BCUT2D eigenvalue weighted by Crippen LogP contribution is -2.51. The number of pyridine rings is 1. The largest absolute Gasteiger partial charge is 0.472 e. The van der Waals surface area contributed by atoms with Gasteiger partial charge in [-0.15, -0.1) is 0 Å². The first-order valence-corrected chi connectivity index (χ1v) is 12.9. The average molecular weight is 485 g/mol. The van der Waals surface area contributed by atoms with Crippen LogP contribution in [0.3, 0.4) is 0 Å². The summed E-state index contributed by atoms with van der Waals surface area (Å²) in [6, 6.07) is 1.23. The molecule has 1 aliphatic carbocycles. The highest BCUT2D eigenvalue weighted by molar-refractivity contribution is 5.97. The monoisotopic (exact) mass is 484 g/mol. The van der Waals surface area contributed by atoms with Crippen molar-refractivity contribution in [3.63, 3.8) is 0 Å². The minimum atomic E-state index is -0.376. The zero-order valence-electron chi connectivity index (χ0n) is 21.5. The van der Waals surface area contributed by atoms with Gasteiger partial charge in [0.25, 0.3) is 5.91 Å². The van der Waals surface area contributed by atoms with Gasteiger partial charge >= 0.3 is 6.03 Å². The number of urea groups is 1. The molecule has 0 unspecified atom stereocenters. The van der Waals surface area contributed by atoms with Crippen LogP contribution in [0.15, 0.2) is 12.3 Å². The van der Waals surface area contributed by atoms with Crippen molar-refractivity contribution in [1.29, 1.82) is 0 Å². The van der Waals surface area contributed by atoms with Crippen molar-refractivity contribution in [1.82, 2.24) is 20.1 Å². The molecule has 2 N–H and O–H groups in total. The molecule has 192 valence electrons. The Hall–Kier alpha value is -2.79. The molecule has 8 heteroatoms. The Kier molecular flexibility index (Phi) is 9.79. The van der Waals surface area contributed by atoms with Gasteiger partial charge in [0.2, 0.25) is 5.88 Å². The number of aliphatic hydroxyl groups is 1. The third-order valence-corrected chi connectivity index (χ3v) is 6.87. The number of amides is 3. The molecule has 0 aromatic carbocycles. The van der Waals surface area contributed by atoms with E-state index in [9.17, 15) is 14.7 Å². The molecule has 2 heterocycles. The summed E-state index contributed by atoms with van der Waals surface area (Å²) < 4.78 is 6.27. The number of nitrogens with zero attached hydrogens (tertiary/aromatic N) is 3. The number of rotatable bonds is 6. The number of aromatic nitrogens is 1. The summed E-state index contributed by atoms with van der Waals surface area (Å²) in [5.74, 6) is 6.89. The Morgan fingerprint density at radius 3 is 2.80 bits per heavy atom. The van der Waals surface area contributed by atoms with E-state index < -0.39 is 0 Å². The van der Waals surface area contributed by atoms with Crippen molar-refractivity contribution < 1.29 is 19.4 Å². The van der Waals surface area contributed by atoms with Crippen molar-refractivity contribution >= 4 is 11.9 Å². The maximum atomic E-state index is 13.5. The molecule has 3 rings (SSSR count). The number of nitrogens with one attached hydrogen (secondary N) is 1. The van der Waals surface area contributed by atoms with E-state index in [1.807, 2.05) is 20.8 Å². The van der Waals surface area contributed by atoms with Gasteiger partial charge in [-0.1, -0.05) is 45.0 Å². The molecule has 2 aliphatic rings. The van der Waals surface area contributed by atoms with E-state index in [1.165, 1.54) is 19.3 Å². The first kappa shape index (κ1) is 26.8. The molecular weight excluding hydrogens is 444 g/mol. The van der Waals surface area contributed by atoms with Gasteiger partial charge in [-0.3, -0.25) is 4.79 Å². The van der Waals surface area contributed by atoms with E-state index in [0.29, 0.717) is 36.7 Å². The molecule has 1 aromatic heterocycles. The van der Waals surface area contributed by atoms with Crippen LogP contribution in [0.1, 0.15) is 75.2 Å². The molecule has 35 heavy (non-hydrogen) atoms. The van der Waals surface area contributed by atoms with Gasteiger partial charge < -0.3 is 25.0 Å². The van der Waals surface area contributed by atoms with E-state index in [0.717, 1.165) is 19.3 Å². The number of hydrogen-bond donors (Lipinski definition) is 2. The lowest BCUT2D eigenvalue weighted by atomic mass is 9.90. The fourth-order valence-electron chi connectivity index (χ4n) is 4.54. The second-order valence-electron chi connectivity index (χ2n) is 9.92. The number of carbonyl (C=O) groups is 2. The van der Waals surface area contributed by atoms with Crippen LogP contribution in [0.5, 0.6) is 5.88 Å². The maximum Gasteiger partial charge on any atom is 0.317 e. The lowest BCUT2D eigenvalue weighted by molar-refractivity contribution is 0.0352. The molecule has 1 saturated carbocycles. The van der Waals surface area contributed by atoms with E-state index >= 15 is 0 Å². The summed E-state index contributed by atoms with van der Waals surface area (Å²) in [4.78, 5) is 33.7. The molecule has 8 nitrogen and oxygen atoms in total. The van der Waals surface area contributed by atoms with Crippen molar-refractivity contribution in [2.45, 2.75) is 71.4 Å². The summed E-state index contributed by atoms with van der Waals surface area (Å²) in [5.41, 5.74) is 1.03. The Morgan fingerprint density at radius 2 is 2.11 bits per heavy atom. The lowest BCUT2D eigenvalue weighted by Gasteiger charge is -2.37. The van der Waals surface area contributed by atoms with Crippen LogP contribution in [0.25, 0.3) is 0 Å². The Morgan fingerprint density at radius 1 is 1.37 bits per heavy atom. The third kappa shape index (κ3) is 7.11. The van der Waals surface area contributed by atoms with Gasteiger partial charge in [0.15, 0.2) is 0 Å². The highest BCUT2D eigenvalue weighted by Gasteiger charge is 2.34. The highest BCUT2D eigenvalue weighted by Crippen LogP contribution is 2.28. The van der Waals surface area contributed by atoms with E-state index in [4.69, 9.17) is 4.74 Å².